The van der Waals surface area contributed by atoms with Crippen molar-refractivity contribution in [3.8, 4) is 0 Å². The van der Waals surface area contributed by atoms with Crippen molar-refractivity contribution in [2.45, 2.75) is 22.6 Å². The Bertz CT molecular complexity index is 1100. The maximum atomic E-state index is 12.9. The maximum absolute atomic E-state index is 12.9. The van der Waals surface area contributed by atoms with Crippen molar-refractivity contribution >= 4 is 33.4 Å². The van der Waals surface area contributed by atoms with Crippen molar-refractivity contribution in [2.75, 3.05) is 24.2 Å². The van der Waals surface area contributed by atoms with Crippen LogP contribution in [0.2, 0.25) is 0 Å². The Morgan fingerprint density at radius 1 is 0.935 bits per heavy atom. The van der Waals surface area contributed by atoms with Gasteiger partial charge in [-0.15, -0.1) is 11.8 Å². The van der Waals surface area contributed by atoms with E-state index in [0.29, 0.717) is 17.8 Å². The van der Waals surface area contributed by atoms with Crippen molar-refractivity contribution in [3.63, 3.8) is 0 Å². The predicted octanol–water partition coefficient (Wildman–Crippen LogP) is 4.60. The SMILES string of the molecule is CSc1ccc(S(=O)(=O)N(C)c2ccc(C(=O)NCCCc3ccccc3)cc2)cc1. The van der Waals surface area contributed by atoms with Crippen molar-refractivity contribution < 1.29 is 13.2 Å². The molecule has 0 heterocycles. The number of amides is 1. The number of rotatable bonds is 9. The zero-order valence-electron chi connectivity index (χ0n) is 17.6. The third-order valence-corrected chi connectivity index (χ3v) is 7.52. The lowest BCUT2D eigenvalue weighted by Gasteiger charge is -2.20. The number of aryl methyl sites for hydroxylation is 1. The molecule has 1 amide bonds. The lowest BCUT2D eigenvalue weighted by atomic mass is 10.1. The molecule has 0 aromatic heterocycles. The number of nitrogens with zero attached hydrogens (tertiary/aromatic N) is 1. The lowest BCUT2D eigenvalue weighted by molar-refractivity contribution is 0.0953. The molecule has 0 unspecified atom stereocenters. The molecule has 5 nitrogen and oxygen atoms in total. The number of carbonyl (C=O) groups excluding carboxylic acids is 1. The van der Waals surface area contributed by atoms with Crippen molar-refractivity contribution in [2.24, 2.45) is 0 Å². The van der Waals surface area contributed by atoms with Gasteiger partial charge in [0, 0.05) is 24.1 Å². The average Bonchev–Trinajstić information content (AvgIpc) is 2.82. The number of nitrogens with one attached hydrogen (secondary N) is 1. The van der Waals surface area contributed by atoms with Gasteiger partial charge in [-0.2, -0.15) is 0 Å². The minimum absolute atomic E-state index is 0.169. The molecule has 0 saturated carbocycles. The van der Waals surface area contributed by atoms with Crippen LogP contribution >= 0.6 is 11.8 Å². The smallest absolute Gasteiger partial charge is 0.264 e. The summed E-state index contributed by atoms with van der Waals surface area (Å²) in [6.45, 7) is 0.579. The molecular weight excluding hydrogens is 428 g/mol. The van der Waals surface area contributed by atoms with Crippen molar-refractivity contribution in [1.29, 1.82) is 0 Å². The third-order valence-electron chi connectivity index (χ3n) is 4.98. The van der Waals surface area contributed by atoms with E-state index in [1.165, 1.54) is 16.9 Å². The van der Waals surface area contributed by atoms with Gasteiger partial charge in [0.1, 0.15) is 0 Å². The Kier molecular flexibility index (Phi) is 7.76. The van der Waals surface area contributed by atoms with Gasteiger partial charge in [-0.3, -0.25) is 9.10 Å². The molecule has 31 heavy (non-hydrogen) atoms. The lowest BCUT2D eigenvalue weighted by Crippen LogP contribution is -2.27. The monoisotopic (exact) mass is 454 g/mol. The highest BCUT2D eigenvalue weighted by atomic mass is 32.2. The van der Waals surface area contributed by atoms with Gasteiger partial charge in [0.15, 0.2) is 0 Å². The Morgan fingerprint density at radius 2 is 1.58 bits per heavy atom. The first-order valence-electron chi connectivity index (χ1n) is 9.97. The van der Waals surface area contributed by atoms with Gasteiger partial charge >= 0.3 is 0 Å². The third kappa shape index (κ3) is 5.89. The number of benzene rings is 3. The molecule has 0 aliphatic carbocycles. The number of sulfonamides is 1. The fourth-order valence-corrected chi connectivity index (χ4v) is 4.71. The van der Waals surface area contributed by atoms with Gasteiger partial charge in [0.25, 0.3) is 15.9 Å². The Labute approximate surface area is 188 Å². The molecule has 0 aliphatic heterocycles. The Morgan fingerprint density at radius 3 is 2.19 bits per heavy atom. The molecule has 0 bridgehead atoms. The van der Waals surface area contributed by atoms with Gasteiger partial charge in [0.05, 0.1) is 10.6 Å². The summed E-state index contributed by atoms with van der Waals surface area (Å²) in [5.41, 5.74) is 2.24. The second-order valence-electron chi connectivity index (χ2n) is 7.04. The average molecular weight is 455 g/mol. The van der Waals surface area contributed by atoms with Crippen LogP contribution in [-0.4, -0.2) is 34.2 Å². The highest BCUT2D eigenvalue weighted by molar-refractivity contribution is 7.98. The second-order valence-corrected chi connectivity index (χ2v) is 9.89. The Balaban J connectivity index is 1.58. The van der Waals surface area contributed by atoms with E-state index in [1.54, 1.807) is 60.3 Å². The van der Waals surface area contributed by atoms with E-state index in [1.807, 2.05) is 24.5 Å². The first-order valence-corrected chi connectivity index (χ1v) is 12.6. The Hall–Kier alpha value is -2.77. The first-order chi connectivity index (χ1) is 14.9. The van der Waals surface area contributed by atoms with Crippen LogP contribution in [-0.2, 0) is 16.4 Å². The van der Waals surface area contributed by atoms with Crippen LogP contribution in [0.5, 0.6) is 0 Å². The van der Waals surface area contributed by atoms with Crippen LogP contribution in [0.25, 0.3) is 0 Å². The molecule has 0 spiro atoms. The molecule has 0 fully saturated rings. The summed E-state index contributed by atoms with van der Waals surface area (Å²) in [6.07, 6.45) is 3.70. The van der Waals surface area contributed by atoms with Crippen LogP contribution in [0.4, 0.5) is 5.69 Å². The van der Waals surface area contributed by atoms with E-state index in [-0.39, 0.29) is 10.8 Å². The fourth-order valence-electron chi connectivity index (χ4n) is 3.11. The molecule has 3 rings (SSSR count). The summed E-state index contributed by atoms with van der Waals surface area (Å²) < 4.78 is 27.0. The second kappa shape index (κ2) is 10.5. The van der Waals surface area contributed by atoms with E-state index in [0.717, 1.165) is 17.7 Å². The molecule has 0 radical (unpaired) electrons. The molecule has 3 aromatic carbocycles. The van der Waals surface area contributed by atoms with Crippen LogP contribution in [0.1, 0.15) is 22.3 Å². The summed E-state index contributed by atoms with van der Waals surface area (Å²) in [5, 5.41) is 2.91. The van der Waals surface area contributed by atoms with Gasteiger partial charge < -0.3 is 5.32 Å². The molecule has 7 heteroatoms. The van der Waals surface area contributed by atoms with Gasteiger partial charge in [-0.05, 0) is 73.2 Å². The molecular formula is C24H26N2O3S2. The van der Waals surface area contributed by atoms with E-state index in [4.69, 9.17) is 0 Å². The van der Waals surface area contributed by atoms with Gasteiger partial charge in [-0.1, -0.05) is 30.3 Å². The molecule has 3 aromatic rings. The molecule has 0 aliphatic rings. The maximum Gasteiger partial charge on any atom is 0.264 e. The van der Waals surface area contributed by atoms with E-state index < -0.39 is 10.0 Å². The van der Waals surface area contributed by atoms with Crippen molar-refractivity contribution in [1.82, 2.24) is 5.32 Å². The summed E-state index contributed by atoms with van der Waals surface area (Å²) >= 11 is 1.56. The topological polar surface area (TPSA) is 66.5 Å². The van der Waals surface area contributed by atoms with Crippen LogP contribution in [0, 0.1) is 0 Å². The van der Waals surface area contributed by atoms with Gasteiger partial charge in [0.2, 0.25) is 0 Å². The zero-order chi connectivity index (χ0) is 22.3. The highest BCUT2D eigenvalue weighted by Gasteiger charge is 2.21. The molecule has 162 valence electrons. The highest BCUT2D eigenvalue weighted by Crippen LogP contribution is 2.24. The van der Waals surface area contributed by atoms with Crippen molar-refractivity contribution in [3.05, 3.63) is 90.0 Å². The number of hydrogen-bond acceptors (Lipinski definition) is 4. The molecule has 0 saturated heterocycles. The standard InChI is InChI=1S/C24H26N2O3S2/c1-26(31(28,29)23-16-14-22(30-2)15-17-23)21-12-10-20(11-13-21)24(27)25-18-6-9-19-7-4-3-5-8-19/h3-5,7-8,10-17H,6,9,18H2,1-2H3,(H,25,27). The zero-order valence-corrected chi connectivity index (χ0v) is 19.2. The fraction of sp³-hybridized carbons (Fsp3) is 0.208. The van der Waals surface area contributed by atoms with Crippen LogP contribution in [0.15, 0.2) is 88.7 Å². The minimum Gasteiger partial charge on any atom is -0.352 e. The number of thioether (sulfide) groups is 1. The van der Waals surface area contributed by atoms with E-state index in [2.05, 4.69) is 17.4 Å². The van der Waals surface area contributed by atoms with Crippen LogP contribution < -0.4 is 9.62 Å². The summed E-state index contributed by atoms with van der Waals surface area (Å²) in [7, 11) is -2.16. The largest absolute Gasteiger partial charge is 0.352 e. The quantitative estimate of drug-likeness (QED) is 0.379. The van der Waals surface area contributed by atoms with E-state index in [9.17, 15) is 13.2 Å². The number of anilines is 1. The molecule has 0 atom stereocenters. The summed E-state index contributed by atoms with van der Waals surface area (Å²) in [4.78, 5) is 13.6. The predicted molar refractivity (Wildman–Crippen MR) is 127 cm³/mol. The van der Waals surface area contributed by atoms with Gasteiger partial charge in [-0.25, -0.2) is 8.42 Å². The first kappa shape index (κ1) is 22.9. The normalized spacial score (nSPS) is 11.2. The summed E-state index contributed by atoms with van der Waals surface area (Å²) in [5.74, 6) is -0.169. The van der Waals surface area contributed by atoms with E-state index >= 15 is 0 Å². The summed E-state index contributed by atoms with van der Waals surface area (Å²) in [6, 6.07) is 23.5. The minimum atomic E-state index is -3.67. The molecule has 1 N–H and O–H groups in total. The number of carbonyl (C=O) groups is 1. The van der Waals surface area contributed by atoms with Crippen LogP contribution in [0.3, 0.4) is 0 Å². The number of hydrogen-bond donors (Lipinski definition) is 1.